The van der Waals surface area contributed by atoms with Crippen LogP contribution in [-0.4, -0.2) is 14.5 Å². The highest BCUT2D eigenvalue weighted by Crippen LogP contribution is 2.24. The van der Waals surface area contributed by atoms with Gasteiger partial charge in [-0.15, -0.1) is 0 Å². The SMILES string of the molecule is Cc1nc(C)c(CNc2nc3ccccc3n2C(C)C)o1. The Hall–Kier alpha value is -2.30. The molecule has 0 saturated carbocycles. The van der Waals surface area contributed by atoms with E-state index in [1.807, 2.05) is 32.0 Å². The van der Waals surface area contributed by atoms with Gasteiger partial charge in [-0.1, -0.05) is 12.1 Å². The standard InChI is InChI=1S/C16H20N4O/c1-10(2)20-14-8-6-5-7-13(14)19-16(20)17-9-15-11(3)18-12(4)21-15/h5-8,10H,9H2,1-4H3,(H,17,19). The minimum Gasteiger partial charge on any atom is -0.444 e. The average molecular weight is 284 g/mol. The van der Waals surface area contributed by atoms with Crippen LogP contribution in [0.3, 0.4) is 0 Å². The first-order chi connectivity index (χ1) is 10.1. The highest BCUT2D eigenvalue weighted by atomic mass is 16.4. The molecule has 0 unspecified atom stereocenters. The number of fused-ring (bicyclic) bond motifs is 1. The second-order valence-corrected chi connectivity index (χ2v) is 5.48. The molecule has 0 spiro atoms. The molecule has 5 heteroatoms. The molecule has 0 saturated heterocycles. The first kappa shape index (κ1) is 13.7. The molecule has 1 aromatic carbocycles. The number of oxazole rings is 1. The second kappa shape index (κ2) is 5.24. The Morgan fingerprint density at radius 1 is 1.19 bits per heavy atom. The van der Waals surface area contributed by atoms with Gasteiger partial charge >= 0.3 is 0 Å². The van der Waals surface area contributed by atoms with Crippen LogP contribution in [-0.2, 0) is 6.54 Å². The van der Waals surface area contributed by atoms with Crippen molar-refractivity contribution in [1.82, 2.24) is 14.5 Å². The van der Waals surface area contributed by atoms with Crippen LogP contribution in [0.25, 0.3) is 11.0 Å². The predicted molar refractivity (Wildman–Crippen MR) is 83.4 cm³/mol. The van der Waals surface area contributed by atoms with Crippen molar-refractivity contribution in [2.75, 3.05) is 5.32 Å². The fourth-order valence-electron chi connectivity index (χ4n) is 2.59. The highest BCUT2D eigenvalue weighted by Gasteiger charge is 2.14. The van der Waals surface area contributed by atoms with Crippen LogP contribution in [0.4, 0.5) is 5.95 Å². The summed E-state index contributed by atoms with van der Waals surface area (Å²) in [6.45, 7) is 8.72. The number of hydrogen-bond acceptors (Lipinski definition) is 4. The van der Waals surface area contributed by atoms with Gasteiger partial charge in [0.05, 0.1) is 23.3 Å². The van der Waals surface area contributed by atoms with Crippen molar-refractivity contribution in [3.05, 3.63) is 41.6 Å². The van der Waals surface area contributed by atoms with E-state index in [0.29, 0.717) is 18.5 Å². The van der Waals surface area contributed by atoms with Gasteiger partial charge in [-0.25, -0.2) is 9.97 Å². The molecule has 0 bridgehead atoms. The molecule has 2 heterocycles. The number of nitrogens with one attached hydrogen (secondary N) is 1. The summed E-state index contributed by atoms with van der Waals surface area (Å²) in [5, 5.41) is 3.37. The van der Waals surface area contributed by atoms with E-state index in [2.05, 4.69) is 39.8 Å². The van der Waals surface area contributed by atoms with Crippen molar-refractivity contribution in [3.8, 4) is 0 Å². The number of aryl methyl sites for hydroxylation is 2. The van der Waals surface area contributed by atoms with Gasteiger partial charge in [-0.05, 0) is 32.9 Å². The number of nitrogens with zero attached hydrogens (tertiary/aromatic N) is 3. The molecule has 2 aromatic heterocycles. The molecule has 0 aliphatic heterocycles. The number of imidazole rings is 1. The molecule has 110 valence electrons. The van der Waals surface area contributed by atoms with Crippen LogP contribution in [0.1, 0.15) is 37.2 Å². The molecule has 0 aliphatic carbocycles. The molecular weight excluding hydrogens is 264 g/mol. The molecular formula is C16H20N4O. The van der Waals surface area contributed by atoms with Crippen LogP contribution in [0, 0.1) is 13.8 Å². The Kier molecular flexibility index (Phi) is 3.41. The number of hydrogen-bond donors (Lipinski definition) is 1. The largest absolute Gasteiger partial charge is 0.444 e. The molecule has 0 radical (unpaired) electrons. The van der Waals surface area contributed by atoms with Crippen LogP contribution >= 0.6 is 0 Å². The first-order valence-electron chi connectivity index (χ1n) is 7.20. The lowest BCUT2D eigenvalue weighted by Gasteiger charge is -2.13. The molecule has 21 heavy (non-hydrogen) atoms. The summed E-state index contributed by atoms with van der Waals surface area (Å²) in [6, 6.07) is 8.50. The van der Waals surface area contributed by atoms with E-state index < -0.39 is 0 Å². The van der Waals surface area contributed by atoms with E-state index in [9.17, 15) is 0 Å². The topological polar surface area (TPSA) is 55.9 Å². The van der Waals surface area contributed by atoms with Gasteiger partial charge in [-0.3, -0.25) is 0 Å². The lowest BCUT2D eigenvalue weighted by molar-refractivity contribution is 0.479. The van der Waals surface area contributed by atoms with Gasteiger partial charge in [0.2, 0.25) is 5.95 Å². The Bertz CT molecular complexity index is 770. The lowest BCUT2D eigenvalue weighted by atomic mass is 10.3. The molecule has 0 amide bonds. The zero-order valence-electron chi connectivity index (χ0n) is 12.8. The van der Waals surface area contributed by atoms with Gasteiger partial charge < -0.3 is 14.3 Å². The summed E-state index contributed by atoms with van der Waals surface area (Å²) >= 11 is 0. The number of anilines is 1. The zero-order chi connectivity index (χ0) is 15.0. The Morgan fingerprint density at radius 2 is 1.95 bits per heavy atom. The zero-order valence-corrected chi connectivity index (χ0v) is 12.8. The van der Waals surface area contributed by atoms with E-state index >= 15 is 0 Å². The van der Waals surface area contributed by atoms with Gasteiger partial charge in [0.15, 0.2) is 5.89 Å². The lowest BCUT2D eigenvalue weighted by Crippen LogP contribution is -2.09. The third-order valence-corrected chi connectivity index (χ3v) is 3.52. The molecule has 0 aliphatic rings. The number of para-hydroxylation sites is 2. The Morgan fingerprint density at radius 3 is 2.62 bits per heavy atom. The van der Waals surface area contributed by atoms with Crippen LogP contribution in [0.15, 0.2) is 28.7 Å². The third kappa shape index (κ3) is 2.51. The summed E-state index contributed by atoms with van der Waals surface area (Å²) in [6.07, 6.45) is 0. The van der Waals surface area contributed by atoms with E-state index in [-0.39, 0.29) is 0 Å². The minimum absolute atomic E-state index is 0.331. The highest BCUT2D eigenvalue weighted by molar-refractivity contribution is 5.78. The number of benzene rings is 1. The molecule has 0 atom stereocenters. The molecule has 5 nitrogen and oxygen atoms in total. The summed E-state index contributed by atoms with van der Waals surface area (Å²) in [7, 11) is 0. The Balaban J connectivity index is 1.93. The summed E-state index contributed by atoms with van der Waals surface area (Å²) in [4.78, 5) is 8.97. The smallest absolute Gasteiger partial charge is 0.204 e. The van der Waals surface area contributed by atoms with Crippen molar-refractivity contribution in [2.45, 2.75) is 40.3 Å². The van der Waals surface area contributed by atoms with E-state index in [0.717, 1.165) is 28.4 Å². The monoisotopic (exact) mass is 284 g/mol. The first-order valence-corrected chi connectivity index (χ1v) is 7.20. The van der Waals surface area contributed by atoms with Crippen molar-refractivity contribution >= 4 is 17.0 Å². The van der Waals surface area contributed by atoms with E-state index in [1.165, 1.54) is 0 Å². The van der Waals surface area contributed by atoms with Crippen molar-refractivity contribution in [3.63, 3.8) is 0 Å². The maximum absolute atomic E-state index is 5.60. The van der Waals surface area contributed by atoms with Crippen LogP contribution in [0.2, 0.25) is 0 Å². The van der Waals surface area contributed by atoms with Crippen molar-refractivity contribution in [1.29, 1.82) is 0 Å². The van der Waals surface area contributed by atoms with E-state index in [4.69, 9.17) is 4.42 Å². The van der Waals surface area contributed by atoms with Crippen LogP contribution < -0.4 is 5.32 Å². The fourth-order valence-corrected chi connectivity index (χ4v) is 2.59. The number of rotatable bonds is 4. The van der Waals surface area contributed by atoms with Crippen molar-refractivity contribution < 1.29 is 4.42 Å². The van der Waals surface area contributed by atoms with Gasteiger partial charge in [0.25, 0.3) is 0 Å². The van der Waals surface area contributed by atoms with Gasteiger partial charge in [0.1, 0.15) is 5.76 Å². The fraction of sp³-hybridized carbons (Fsp3) is 0.375. The van der Waals surface area contributed by atoms with E-state index in [1.54, 1.807) is 0 Å². The number of aromatic nitrogens is 3. The molecule has 0 fully saturated rings. The summed E-state index contributed by atoms with van der Waals surface area (Å²) in [5.41, 5.74) is 3.06. The summed E-state index contributed by atoms with van der Waals surface area (Å²) in [5.74, 6) is 2.41. The Labute approximate surface area is 124 Å². The molecule has 3 rings (SSSR count). The van der Waals surface area contributed by atoms with Crippen LogP contribution in [0.5, 0.6) is 0 Å². The third-order valence-electron chi connectivity index (χ3n) is 3.52. The predicted octanol–water partition coefficient (Wildman–Crippen LogP) is 3.83. The summed E-state index contributed by atoms with van der Waals surface area (Å²) < 4.78 is 7.80. The van der Waals surface area contributed by atoms with Crippen molar-refractivity contribution in [2.24, 2.45) is 0 Å². The van der Waals surface area contributed by atoms with Gasteiger partial charge in [-0.2, -0.15) is 0 Å². The normalized spacial score (nSPS) is 11.5. The maximum Gasteiger partial charge on any atom is 0.204 e. The second-order valence-electron chi connectivity index (χ2n) is 5.48. The molecule has 1 N–H and O–H groups in total. The quantitative estimate of drug-likeness (QED) is 0.791. The molecule has 3 aromatic rings. The van der Waals surface area contributed by atoms with Gasteiger partial charge in [0, 0.05) is 13.0 Å². The minimum atomic E-state index is 0.331. The maximum atomic E-state index is 5.60. The average Bonchev–Trinajstić information content (AvgIpc) is 2.95.